The van der Waals surface area contributed by atoms with E-state index in [2.05, 4.69) is 5.16 Å². The third-order valence-electron chi connectivity index (χ3n) is 2.35. The molecule has 0 aliphatic carbocycles. The molecule has 0 unspecified atom stereocenters. The summed E-state index contributed by atoms with van der Waals surface area (Å²) in [5, 5.41) is 12.5. The third kappa shape index (κ3) is 4.29. The summed E-state index contributed by atoms with van der Waals surface area (Å²) < 4.78 is 0. The second-order valence-corrected chi connectivity index (χ2v) is 3.99. The van der Waals surface area contributed by atoms with Crippen molar-refractivity contribution in [2.24, 2.45) is 5.16 Å². The van der Waals surface area contributed by atoms with Gasteiger partial charge in [0.2, 0.25) is 0 Å². The zero-order chi connectivity index (χ0) is 11.3. The summed E-state index contributed by atoms with van der Waals surface area (Å²) in [6.45, 7) is 5.16. The molecule has 1 N–H and O–H groups in total. The van der Waals surface area contributed by atoms with E-state index in [1.807, 2.05) is 18.7 Å². The maximum absolute atomic E-state index is 10.6. The Morgan fingerprint density at radius 3 is 2.93 bits per heavy atom. The van der Waals surface area contributed by atoms with Crippen LogP contribution in [-0.2, 0) is 9.63 Å². The number of hydrogen-bond acceptors (Lipinski definition) is 4. The fourth-order valence-corrected chi connectivity index (χ4v) is 1.72. The first-order valence-electron chi connectivity index (χ1n) is 5.18. The lowest BCUT2D eigenvalue weighted by atomic mass is 10.2. The molecule has 1 rings (SSSR count). The second-order valence-electron chi connectivity index (χ2n) is 3.99. The Kier molecular flexibility index (Phi) is 4.55. The molecule has 0 aromatic carbocycles. The van der Waals surface area contributed by atoms with Gasteiger partial charge in [0.15, 0.2) is 0 Å². The maximum Gasteiger partial charge on any atom is 0.317 e. The fraction of sp³-hybridized carbons (Fsp3) is 0.800. The largest absolute Gasteiger partial charge is 0.480 e. The molecule has 0 bridgehead atoms. The molecular weight excluding hydrogens is 196 g/mol. The first kappa shape index (κ1) is 12.0. The molecule has 0 radical (unpaired) electrons. The lowest BCUT2D eigenvalue weighted by molar-refractivity contribution is -0.138. The van der Waals surface area contributed by atoms with Crippen molar-refractivity contribution in [1.29, 1.82) is 0 Å². The number of carbonyl (C=O) groups is 1. The Labute approximate surface area is 89.7 Å². The topological polar surface area (TPSA) is 62.1 Å². The predicted octanol–water partition coefficient (Wildman–Crippen LogP) is 0.948. The van der Waals surface area contributed by atoms with Gasteiger partial charge in [0, 0.05) is 6.04 Å². The van der Waals surface area contributed by atoms with E-state index in [4.69, 9.17) is 9.94 Å². The quantitative estimate of drug-likeness (QED) is 0.546. The van der Waals surface area contributed by atoms with Crippen molar-refractivity contribution in [3.63, 3.8) is 0 Å². The summed E-state index contributed by atoms with van der Waals surface area (Å²) in [5.41, 5.74) is 0.873. The molecule has 1 saturated heterocycles. The number of hydrogen-bond donors (Lipinski definition) is 1. The average Bonchev–Trinajstić information content (AvgIpc) is 2.51. The van der Waals surface area contributed by atoms with Crippen LogP contribution in [0.1, 0.15) is 26.7 Å². The van der Waals surface area contributed by atoms with E-state index in [-0.39, 0.29) is 12.6 Å². The molecule has 1 fully saturated rings. The highest BCUT2D eigenvalue weighted by atomic mass is 16.6. The van der Waals surface area contributed by atoms with E-state index in [0.717, 1.165) is 25.1 Å². The SMILES string of the molecule is CC(C)=NOC[C@H]1CCCN1CC(=O)O. The Hall–Kier alpha value is -1.10. The molecule has 1 aliphatic heterocycles. The second kappa shape index (κ2) is 5.70. The van der Waals surface area contributed by atoms with Crippen molar-refractivity contribution in [1.82, 2.24) is 4.90 Å². The monoisotopic (exact) mass is 214 g/mol. The summed E-state index contributed by atoms with van der Waals surface area (Å²) in [6.07, 6.45) is 2.03. The molecule has 86 valence electrons. The first-order chi connectivity index (χ1) is 7.09. The lowest BCUT2D eigenvalue weighted by Gasteiger charge is -2.20. The Balaban J connectivity index is 2.33. The Morgan fingerprint density at radius 1 is 1.60 bits per heavy atom. The van der Waals surface area contributed by atoms with Crippen LogP contribution in [0.3, 0.4) is 0 Å². The molecular formula is C10H18N2O3. The van der Waals surface area contributed by atoms with E-state index in [1.54, 1.807) is 0 Å². The predicted molar refractivity (Wildman–Crippen MR) is 57.0 cm³/mol. The van der Waals surface area contributed by atoms with Crippen molar-refractivity contribution in [3.8, 4) is 0 Å². The highest BCUT2D eigenvalue weighted by Gasteiger charge is 2.26. The first-order valence-corrected chi connectivity index (χ1v) is 5.18. The molecule has 0 spiro atoms. The molecule has 0 aromatic rings. The number of aliphatic carboxylic acids is 1. The van der Waals surface area contributed by atoms with Gasteiger partial charge in [0.25, 0.3) is 0 Å². The average molecular weight is 214 g/mol. The van der Waals surface area contributed by atoms with Crippen LogP contribution in [-0.4, -0.2) is 47.4 Å². The van der Waals surface area contributed by atoms with Gasteiger partial charge in [-0.05, 0) is 33.2 Å². The van der Waals surface area contributed by atoms with Gasteiger partial charge in [-0.2, -0.15) is 0 Å². The molecule has 15 heavy (non-hydrogen) atoms. The molecule has 1 aliphatic rings. The summed E-state index contributed by atoms with van der Waals surface area (Å²) in [4.78, 5) is 17.7. The van der Waals surface area contributed by atoms with Crippen molar-refractivity contribution in [2.45, 2.75) is 32.7 Å². The third-order valence-corrected chi connectivity index (χ3v) is 2.35. The standard InChI is InChI=1S/C10H18N2O3/c1-8(2)11-15-7-9-4-3-5-12(9)6-10(13)14/h9H,3-7H2,1-2H3,(H,13,14)/t9-/m1/s1. The normalized spacial score (nSPS) is 21.3. The van der Waals surface area contributed by atoms with Gasteiger partial charge in [0.1, 0.15) is 6.61 Å². The Bertz CT molecular complexity index is 249. The highest BCUT2D eigenvalue weighted by molar-refractivity contribution is 5.78. The Morgan fingerprint density at radius 2 is 2.33 bits per heavy atom. The maximum atomic E-state index is 10.6. The van der Waals surface area contributed by atoms with Crippen LogP contribution in [0, 0.1) is 0 Å². The minimum absolute atomic E-state index is 0.100. The van der Waals surface area contributed by atoms with Gasteiger partial charge in [-0.15, -0.1) is 0 Å². The van der Waals surface area contributed by atoms with Crippen LogP contribution in [0.4, 0.5) is 0 Å². The number of rotatable bonds is 5. The van der Waals surface area contributed by atoms with E-state index in [1.165, 1.54) is 0 Å². The molecule has 0 aromatic heterocycles. The molecule has 5 heteroatoms. The fourth-order valence-electron chi connectivity index (χ4n) is 1.72. The van der Waals surface area contributed by atoms with Gasteiger partial charge < -0.3 is 9.94 Å². The summed E-state index contributed by atoms with van der Waals surface area (Å²) in [7, 11) is 0. The van der Waals surface area contributed by atoms with Gasteiger partial charge in [-0.3, -0.25) is 9.69 Å². The zero-order valence-corrected chi connectivity index (χ0v) is 9.27. The van der Waals surface area contributed by atoms with Crippen molar-refractivity contribution < 1.29 is 14.7 Å². The lowest BCUT2D eigenvalue weighted by Crippen LogP contribution is -2.36. The van der Waals surface area contributed by atoms with E-state index >= 15 is 0 Å². The molecule has 5 nitrogen and oxygen atoms in total. The number of carboxylic acids is 1. The van der Waals surface area contributed by atoms with E-state index < -0.39 is 5.97 Å². The molecule has 0 saturated carbocycles. The highest BCUT2D eigenvalue weighted by Crippen LogP contribution is 2.16. The number of nitrogens with zero attached hydrogens (tertiary/aromatic N) is 2. The molecule has 0 amide bonds. The van der Waals surface area contributed by atoms with Crippen LogP contribution < -0.4 is 0 Å². The zero-order valence-electron chi connectivity index (χ0n) is 9.27. The molecule has 1 atom stereocenters. The van der Waals surface area contributed by atoms with Crippen LogP contribution in [0.5, 0.6) is 0 Å². The van der Waals surface area contributed by atoms with Gasteiger partial charge in [-0.1, -0.05) is 5.16 Å². The summed E-state index contributed by atoms with van der Waals surface area (Å²) in [5.74, 6) is -0.780. The number of carboxylic acid groups (broad SMARTS) is 1. The van der Waals surface area contributed by atoms with Crippen LogP contribution in [0.15, 0.2) is 5.16 Å². The van der Waals surface area contributed by atoms with Crippen LogP contribution in [0.2, 0.25) is 0 Å². The number of likely N-dealkylation sites (tertiary alicyclic amines) is 1. The van der Waals surface area contributed by atoms with Crippen molar-refractivity contribution in [2.75, 3.05) is 19.7 Å². The smallest absolute Gasteiger partial charge is 0.317 e. The summed E-state index contributed by atoms with van der Waals surface area (Å²) in [6, 6.07) is 0.198. The van der Waals surface area contributed by atoms with Gasteiger partial charge >= 0.3 is 5.97 Å². The van der Waals surface area contributed by atoms with Gasteiger partial charge in [0.05, 0.1) is 12.3 Å². The minimum Gasteiger partial charge on any atom is -0.480 e. The van der Waals surface area contributed by atoms with Crippen LogP contribution >= 0.6 is 0 Å². The van der Waals surface area contributed by atoms with Crippen molar-refractivity contribution in [3.05, 3.63) is 0 Å². The van der Waals surface area contributed by atoms with E-state index in [0.29, 0.717) is 6.61 Å². The number of oxime groups is 1. The van der Waals surface area contributed by atoms with Crippen LogP contribution in [0.25, 0.3) is 0 Å². The molecule has 1 heterocycles. The summed E-state index contributed by atoms with van der Waals surface area (Å²) >= 11 is 0. The minimum atomic E-state index is -0.780. The van der Waals surface area contributed by atoms with E-state index in [9.17, 15) is 4.79 Å². The van der Waals surface area contributed by atoms with Crippen molar-refractivity contribution >= 4 is 11.7 Å². The van der Waals surface area contributed by atoms with Gasteiger partial charge in [-0.25, -0.2) is 0 Å².